The molecule has 0 aromatic carbocycles. The summed E-state index contributed by atoms with van der Waals surface area (Å²) >= 11 is 0. The fourth-order valence-corrected chi connectivity index (χ4v) is 3.41. The maximum atomic E-state index is 6.38. The van der Waals surface area contributed by atoms with E-state index in [2.05, 4.69) is 5.01 Å². The van der Waals surface area contributed by atoms with Crippen LogP contribution in [0.4, 0.5) is 0 Å². The van der Waals surface area contributed by atoms with Gasteiger partial charge in [-0.15, -0.1) is 0 Å². The second-order valence-electron chi connectivity index (χ2n) is 5.74. The summed E-state index contributed by atoms with van der Waals surface area (Å²) in [5.74, 6) is 6.38. The van der Waals surface area contributed by atoms with Gasteiger partial charge in [0, 0.05) is 12.1 Å². The molecule has 2 heteroatoms. The van der Waals surface area contributed by atoms with Gasteiger partial charge in [-0.1, -0.05) is 51.4 Å². The number of rotatable bonds is 2. The average Bonchev–Trinajstić information content (AvgIpc) is 2.29. The third kappa shape index (κ3) is 3.46. The third-order valence-electron chi connectivity index (χ3n) is 4.49. The predicted octanol–water partition coefficient (Wildman–Crippen LogP) is 3.61. The van der Waals surface area contributed by atoms with E-state index in [9.17, 15) is 0 Å². The first-order valence-corrected chi connectivity index (χ1v) is 7.41. The van der Waals surface area contributed by atoms with Crippen LogP contribution in [-0.4, -0.2) is 17.1 Å². The Morgan fingerprint density at radius 1 is 0.562 bits per heavy atom. The number of hydrogen-bond donors (Lipinski definition) is 1. The molecule has 0 aliphatic heterocycles. The van der Waals surface area contributed by atoms with E-state index in [0.29, 0.717) is 12.1 Å². The molecule has 0 amide bonds. The maximum Gasteiger partial charge on any atom is 0.0244 e. The first-order valence-electron chi connectivity index (χ1n) is 7.41. The Kier molecular flexibility index (Phi) is 5.11. The standard InChI is InChI=1S/C14H28N2/c15-16(14-11-7-4-8-12-14)13-9-5-2-1-3-6-10-13/h13-14H,1-12,15H2. The van der Waals surface area contributed by atoms with Crippen molar-refractivity contribution < 1.29 is 0 Å². The highest BCUT2D eigenvalue weighted by atomic mass is 15.4. The van der Waals surface area contributed by atoms with Crippen molar-refractivity contribution in [3.8, 4) is 0 Å². The highest BCUT2D eigenvalue weighted by Gasteiger charge is 2.25. The van der Waals surface area contributed by atoms with Crippen molar-refractivity contribution in [2.24, 2.45) is 5.84 Å². The first-order chi connectivity index (χ1) is 7.88. The van der Waals surface area contributed by atoms with Crippen LogP contribution in [0.5, 0.6) is 0 Å². The lowest BCUT2D eigenvalue weighted by atomic mass is 9.91. The van der Waals surface area contributed by atoms with Crippen LogP contribution in [0.2, 0.25) is 0 Å². The smallest absolute Gasteiger partial charge is 0.0244 e. The zero-order chi connectivity index (χ0) is 11.2. The molecule has 2 nitrogen and oxygen atoms in total. The molecule has 0 atom stereocenters. The molecule has 2 N–H and O–H groups in total. The van der Waals surface area contributed by atoms with E-state index in [-0.39, 0.29) is 0 Å². The number of hydrogen-bond acceptors (Lipinski definition) is 2. The van der Waals surface area contributed by atoms with Crippen LogP contribution in [-0.2, 0) is 0 Å². The molecular weight excluding hydrogens is 196 g/mol. The van der Waals surface area contributed by atoms with Gasteiger partial charge in [0.05, 0.1) is 0 Å². The maximum absolute atomic E-state index is 6.38. The van der Waals surface area contributed by atoms with Gasteiger partial charge >= 0.3 is 0 Å². The molecule has 0 heterocycles. The van der Waals surface area contributed by atoms with Crippen LogP contribution < -0.4 is 5.84 Å². The average molecular weight is 224 g/mol. The van der Waals surface area contributed by atoms with Gasteiger partial charge in [0.15, 0.2) is 0 Å². The molecule has 2 aliphatic rings. The van der Waals surface area contributed by atoms with Crippen molar-refractivity contribution in [1.29, 1.82) is 0 Å². The lowest BCUT2D eigenvalue weighted by molar-refractivity contribution is 0.0875. The molecule has 2 aliphatic carbocycles. The predicted molar refractivity (Wildman–Crippen MR) is 69.0 cm³/mol. The second-order valence-corrected chi connectivity index (χ2v) is 5.74. The van der Waals surface area contributed by atoms with Crippen LogP contribution in [0.25, 0.3) is 0 Å². The lowest BCUT2D eigenvalue weighted by Crippen LogP contribution is -2.49. The third-order valence-corrected chi connectivity index (χ3v) is 4.49. The first kappa shape index (κ1) is 12.4. The number of hydrazine groups is 1. The van der Waals surface area contributed by atoms with Gasteiger partial charge in [-0.25, -0.2) is 5.01 Å². The summed E-state index contributed by atoms with van der Waals surface area (Å²) < 4.78 is 0. The molecule has 16 heavy (non-hydrogen) atoms. The normalized spacial score (nSPS) is 26.6. The minimum atomic E-state index is 0.684. The van der Waals surface area contributed by atoms with E-state index in [1.165, 1.54) is 77.0 Å². The molecule has 2 rings (SSSR count). The van der Waals surface area contributed by atoms with Crippen LogP contribution >= 0.6 is 0 Å². The van der Waals surface area contributed by atoms with Crippen LogP contribution in [0, 0.1) is 0 Å². The number of nitrogens with two attached hydrogens (primary N) is 1. The molecule has 0 saturated heterocycles. The quantitative estimate of drug-likeness (QED) is 0.573. The molecule has 0 aromatic rings. The van der Waals surface area contributed by atoms with Gasteiger partial charge < -0.3 is 0 Å². The highest BCUT2D eigenvalue weighted by Crippen LogP contribution is 2.26. The van der Waals surface area contributed by atoms with E-state index in [0.717, 1.165) is 0 Å². The summed E-state index contributed by atoms with van der Waals surface area (Å²) in [6.07, 6.45) is 16.7. The summed E-state index contributed by atoms with van der Waals surface area (Å²) in [5.41, 5.74) is 0. The van der Waals surface area contributed by atoms with Crippen LogP contribution in [0.1, 0.15) is 77.0 Å². The molecule has 0 aromatic heterocycles. The van der Waals surface area contributed by atoms with Crippen molar-refractivity contribution in [3.05, 3.63) is 0 Å². The summed E-state index contributed by atoms with van der Waals surface area (Å²) in [7, 11) is 0. The number of nitrogens with zero attached hydrogens (tertiary/aromatic N) is 1. The van der Waals surface area contributed by atoms with Gasteiger partial charge in [0.1, 0.15) is 0 Å². The largest absolute Gasteiger partial charge is 0.268 e. The zero-order valence-corrected chi connectivity index (χ0v) is 10.7. The summed E-state index contributed by atoms with van der Waals surface area (Å²) in [4.78, 5) is 0. The Morgan fingerprint density at radius 3 is 1.31 bits per heavy atom. The molecule has 94 valence electrons. The Bertz CT molecular complexity index is 179. The van der Waals surface area contributed by atoms with E-state index in [4.69, 9.17) is 5.84 Å². The lowest BCUT2D eigenvalue weighted by Gasteiger charge is -2.37. The molecule has 2 saturated carbocycles. The van der Waals surface area contributed by atoms with Crippen molar-refractivity contribution in [1.82, 2.24) is 5.01 Å². The fraction of sp³-hybridized carbons (Fsp3) is 1.00. The van der Waals surface area contributed by atoms with Crippen molar-refractivity contribution >= 4 is 0 Å². The zero-order valence-electron chi connectivity index (χ0n) is 10.7. The van der Waals surface area contributed by atoms with Crippen LogP contribution in [0.15, 0.2) is 0 Å². The van der Waals surface area contributed by atoms with E-state index < -0.39 is 0 Å². The topological polar surface area (TPSA) is 29.3 Å². The van der Waals surface area contributed by atoms with Gasteiger partial charge in [0.2, 0.25) is 0 Å². The SMILES string of the molecule is NN(C1CCCCCCC1)C1CCCCC1. The molecule has 0 unspecified atom stereocenters. The molecule has 0 spiro atoms. The molecular formula is C14H28N2. The van der Waals surface area contributed by atoms with E-state index in [1.54, 1.807) is 0 Å². The Balaban J connectivity index is 1.82. The van der Waals surface area contributed by atoms with Crippen molar-refractivity contribution in [2.75, 3.05) is 0 Å². The Hall–Kier alpha value is -0.0800. The van der Waals surface area contributed by atoms with Gasteiger partial charge in [0.25, 0.3) is 0 Å². The molecule has 0 radical (unpaired) electrons. The summed E-state index contributed by atoms with van der Waals surface area (Å²) in [5, 5.41) is 2.25. The van der Waals surface area contributed by atoms with Gasteiger partial charge in [-0.3, -0.25) is 5.84 Å². The van der Waals surface area contributed by atoms with Gasteiger partial charge in [-0.2, -0.15) is 0 Å². The minimum absolute atomic E-state index is 0.684. The monoisotopic (exact) mass is 224 g/mol. The summed E-state index contributed by atoms with van der Waals surface area (Å²) in [6.45, 7) is 0. The van der Waals surface area contributed by atoms with E-state index in [1.807, 2.05) is 0 Å². The Morgan fingerprint density at radius 2 is 0.875 bits per heavy atom. The summed E-state index contributed by atoms with van der Waals surface area (Å²) in [6, 6.07) is 1.38. The molecule has 0 bridgehead atoms. The highest BCUT2D eigenvalue weighted by molar-refractivity contribution is 4.79. The van der Waals surface area contributed by atoms with E-state index >= 15 is 0 Å². The van der Waals surface area contributed by atoms with Crippen LogP contribution in [0.3, 0.4) is 0 Å². The van der Waals surface area contributed by atoms with Crippen molar-refractivity contribution in [3.63, 3.8) is 0 Å². The Labute approximate surface area is 101 Å². The van der Waals surface area contributed by atoms with Gasteiger partial charge in [-0.05, 0) is 25.7 Å². The second kappa shape index (κ2) is 6.61. The van der Waals surface area contributed by atoms with Crippen molar-refractivity contribution in [2.45, 2.75) is 89.1 Å². The fourth-order valence-electron chi connectivity index (χ4n) is 3.41. The molecule has 2 fully saturated rings. The minimum Gasteiger partial charge on any atom is -0.268 e.